The summed E-state index contributed by atoms with van der Waals surface area (Å²) in [6.07, 6.45) is 7.57. The molecule has 8 nitrogen and oxygen atoms in total. The molecule has 166 valence electrons. The Morgan fingerprint density at radius 3 is 2.00 bits per heavy atom. The lowest BCUT2D eigenvalue weighted by Crippen LogP contribution is -1.96. The fourth-order valence-electron chi connectivity index (χ4n) is 1.93. The monoisotopic (exact) mass is 436 g/mol. The lowest BCUT2D eigenvalue weighted by Gasteiger charge is -2.03. The number of aromatic hydroxyl groups is 1. The molecule has 1 N–H and O–H groups in total. The van der Waals surface area contributed by atoms with Crippen LogP contribution in [0.15, 0.2) is 55.6 Å². The van der Waals surface area contributed by atoms with Crippen LogP contribution in [-0.2, 0) is 6.42 Å². The molecule has 0 unspecified atom stereocenters. The fraction of sp³-hybridized carbons (Fsp3) is 0.238. The van der Waals surface area contributed by atoms with E-state index in [0.29, 0.717) is 6.07 Å². The first-order chi connectivity index (χ1) is 14.7. The highest BCUT2D eigenvalue weighted by Gasteiger charge is 2.15. The molecule has 1 aliphatic carbocycles. The van der Waals surface area contributed by atoms with Gasteiger partial charge in [0.2, 0.25) is 0 Å². The smallest absolute Gasteiger partial charge is 0.272 e. The van der Waals surface area contributed by atoms with Gasteiger partial charge in [-0.05, 0) is 12.5 Å². The highest BCUT2D eigenvalue weighted by molar-refractivity contribution is 5.45. The molecule has 0 saturated heterocycles. The Balaban J connectivity index is 0.000000272. The average Bonchev–Trinajstić information content (AvgIpc) is 3.60. The van der Waals surface area contributed by atoms with Crippen LogP contribution in [0.3, 0.4) is 0 Å². The van der Waals surface area contributed by atoms with Gasteiger partial charge in [-0.2, -0.15) is 0 Å². The minimum absolute atomic E-state index is 0.0181. The van der Waals surface area contributed by atoms with Crippen molar-refractivity contribution in [2.45, 2.75) is 25.7 Å². The first kappa shape index (κ1) is 25.2. The van der Waals surface area contributed by atoms with Crippen LogP contribution in [0.25, 0.3) is 0 Å². The standard InChI is InChI=1S/2C9H8FNO3.C3H6/c1-2-5-14-9-4-3-7(11(12)13)6-8(9)10;1-2-3-6-4-7(11(13)14)5-8(10)9(6)12;1-2-3-1/h2-4,6H,1,5H2;2,4-5,12H,1,3H2;1-3H2. The van der Waals surface area contributed by atoms with Crippen LogP contribution in [0.5, 0.6) is 11.5 Å². The number of allylic oxidation sites excluding steroid dienone is 1. The number of hydrogen-bond donors (Lipinski definition) is 1. The maximum Gasteiger partial charge on any atom is 0.272 e. The van der Waals surface area contributed by atoms with E-state index in [-0.39, 0.29) is 35.7 Å². The van der Waals surface area contributed by atoms with Crippen molar-refractivity contribution in [1.82, 2.24) is 0 Å². The molecule has 0 radical (unpaired) electrons. The Hall–Kier alpha value is -3.82. The summed E-state index contributed by atoms with van der Waals surface area (Å²) in [7, 11) is 0. The Kier molecular flexibility index (Phi) is 10.3. The summed E-state index contributed by atoms with van der Waals surface area (Å²) in [6.45, 7) is 6.95. The van der Waals surface area contributed by atoms with Gasteiger partial charge in [0.1, 0.15) is 6.61 Å². The molecule has 2 aromatic carbocycles. The molecule has 2 aromatic rings. The lowest BCUT2D eigenvalue weighted by molar-refractivity contribution is -0.385. The van der Waals surface area contributed by atoms with Crippen molar-refractivity contribution in [3.05, 3.63) is 93.1 Å². The van der Waals surface area contributed by atoms with E-state index in [1.807, 2.05) is 0 Å². The van der Waals surface area contributed by atoms with Crippen molar-refractivity contribution in [2.24, 2.45) is 0 Å². The molecule has 0 heterocycles. The highest BCUT2D eigenvalue weighted by atomic mass is 19.1. The highest BCUT2D eigenvalue weighted by Crippen LogP contribution is 2.27. The normalized spacial score (nSPS) is 11.0. The zero-order valence-electron chi connectivity index (χ0n) is 16.6. The Morgan fingerprint density at radius 1 is 0.968 bits per heavy atom. The van der Waals surface area contributed by atoms with E-state index in [4.69, 9.17) is 4.74 Å². The second-order valence-corrected chi connectivity index (χ2v) is 6.22. The molecule has 0 atom stereocenters. The van der Waals surface area contributed by atoms with Crippen LogP contribution in [0.1, 0.15) is 24.8 Å². The third kappa shape index (κ3) is 9.03. The van der Waals surface area contributed by atoms with E-state index in [9.17, 15) is 34.1 Å². The molecule has 1 aliphatic rings. The molecule has 31 heavy (non-hydrogen) atoms. The number of non-ortho nitro benzene ring substituents is 2. The topological polar surface area (TPSA) is 116 Å². The Labute approximate surface area is 177 Å². The van der Waals surface area contributed by atoms with Crippen molar-refractivity contribution in [2.75, 3.05) is 6.61 Å². The van der Waals surface area contributed by atoms with E-state index in [2.05, 4.69) is 13.2 Å². The SMILES string of the molecule is C1CC1.C=CCOc1ccc([N+](=O)[O-])cc1F.C=CCc1cc([N+](=O)[O-])cc(F)c1O. The van der Waals surface area contributed by atoms with Gasteiger partial charge in [-0.1, -0.05) is 38.0 Å². The maximum atomic E-state index is 13.1. The van der Waals surface area contributed by atoms with Crippen molar-refractivity contribution < 1.29 is 28.5 Å². The second-order valence-electron chi connectivity index (χ2n) is 6.22. The van der Waals surface area contributed by atoms with E-state index >= 15 is 0 Å². The van der Waals surface area contributed by atoms with Crippen LogP contribution in [0.2, 0.25) is 0 Å². The van der Waals surface area contributed by atoms with E-state index in [0.717, 1.165) is 12.1 Å². The predicted octanol–water partition coefficient (Wildman–Crippen LogP) is 5.64. The largest absolute Gasteiger partial charge is 0.505 e. The lowest BCUT2D eigenvalue weighted by atomic mass is 10.1. The molecule has 0 spiro atoms. The second kappa shape index (κ2) is 12.7. The van der Waals surface area contributed by atoms with Gasteiger partial charge in [0.25, 0.3) is 11.4 Å². The quantitative estimate of drug-likeness (QED) is 0.341. The molecule has 0 bridgehead atoms. The Bertz CT molecular complexity index is 945. The molecule has 10 heteroatoms. The van der Waals surface area contributed by atoms with Crippen LogP contribution in [0, 0.1) is 31.9 Å². The molecule has 1 fully saturated rings. The molecule has 0 aliphatic heterocycles. The third-order valence-corrected chi connectivity index (χ3v) is 3.54. The summed E-state index contributed by atoms with van der Waals surface area (Å²) in [5.74, 6) is -2.32. The van der Waals surface area contributed by atoms with Gasteiger partial charge in [0.05, 0.1) is 22.0 Å². The van der Waals surface area contributed by atoms with E-state index in [1.54, 1.807) is 0 Å². The van der Waals surface area contributed by atoms with Gasteiger partial charge < -0.3 is 9.84 Å². The van der Waals surface area contributed by atoms with E-state index < -0.39 is 27.2 Å². The van der Waals surface area contributed by atoms with Gasteiger partial charge in [0, 0.05) is 17.7 Å². The number of nitrogens with zero attached hydrogens (tertiary/aromatic N) is 2. The molecule has 1 saturated carbocycles. The van der Waals surface area contributed by atoms with Crippen LogP contribution in [-0.4, -0.2) is 21.6 Å². The van der Waals surface area contributed by atoms with Gasteiger partial charge in [-0.3, -0.25) is 20.2 Å². The van der Waals surface area contributed by atoms with Crippen LogP contribution >= 0.6 is 0 Å². The van der Waals surface area contributed by atoms with Crippen molar-refractivity contribution >= 4 is 11.4 Å². The minimum Gasteiger partial charge on any atom is -0.505 e. The third-order valence-electron chi connectivity index (χ3n) is 3.54. The zero-order valence-corrected chi connectivity index (χ0v) is 16.6. The first-order valence-electron chi connectivity index (χ1n) is 9.15. The summed E-state index contributed by atoms with van der Waals surface area (Å²) in [5.41, 5.74) is -0.516. The maximum absolute atomic E-state index is 13.1. The number of rotatable bonds is 7. The number of nitro groups is 2. The molecule has 3 rings (SSSR count). The van der Waals surface area contributed by atoms with Crippen molar-refractivity contribution in [3.63, 3.8) is 0 Å². The van der Waals surface area contributed by atoms with Gasteiger partial charge in [-0.15, -0.1) is 6.58 Å². The summed E-state index contributed by atoms with van der Waals surface area (Å²) in [5, 5.41) is 29.8. The number of nitro benzene ring substituents is 2. The number of benzene rings is 2. The number of phenols is 1. The van der Waals surface area contributed by atoms with Crippen LogP contribution in [0.4, 0.5) is 20.2 Å². The molecular formula is C21H22F2N2O6. The zero-order chi connectivity index (χ0) is 23.4. The number of hydrogen-bond acceptors (Lipinski definition) is 6. The first-order valence-corrected chi connectivity index (χ1v) is 9.15. The predicted molar refractivity (Wildman–Crippen MR) is 111 cm³/mol. The Morgan fingerprint density at radius 2 is 1.55 bits per heavy atom. The number of ether oxygens (including phenoxy) is 1. The average molecular weight is 436 g/mol. The summed E-state index contributed by atoms with van der Waals surface area (Å²) < 4.78 is 30.9. The molecule has 0 aromatic heterocycles. The van der Waals surface area contributed by atoms with Crippen molar-refractivity contribution in [1.29, 1.82) is 0 Å². The summed E-state index contributed by atoms with van der Waals surface area (Å²) in [6, 6.07) is 5.03. The van der Waals surface area contributed by atoms with E-state index in [1.165, 1.54) is 43.5 Å². The summed E-state index contributed by atoms with van der Waals surface area (Å²) >= 11 is 0. The molecule has 0 amide bonds. The minimum atomic E-state index is -0.990. The fourth-order valence-corrected chi connectivity index (χ4v) is 1.93. The molecular weight excluding hydrogens is 414 g/mol. The van der Waals surface area contributed by atoms with Gasteiger partial charge in [-0.25, -0.2) is 8.78 Å². The van der Waals surface area contributed by atoms with Crippen LogP contribution < -0.4 is 4.74 Å². The number of phenolic OH excluding ortho intramolecular Hbond substituents is 1. The van der Waals surface area contributed by atoms with Gasteiger partial charge in [0.15, 0.2) is 23.1 Å². The van der Waals surface area contributed by atoms with Gasteiger partial charge >= 0.3 is 0 Å². The van der Waals surface area contributed by atoms with Crippen molar-refractivity contribution in [3.8, 4) is 11.5 Å². The number of halogens is 2. The summed E-state index contributed by atoms with van der Waals surface area (Å²) in [4.78, 5) is 19.2.